The van der Waals surface area contributed by atoms with Gasteiger partial charge in [-0.15, -0.1) is 0 Å². The normalized spacial score (nSPS) is 16.3. The molecular formula is C20H27FN4O3S. The molecule has 2 heterocycles. The van der Waals surface area contributed by atoms with Gasteiger partial charge in [-0.05, 0) is 50.7 Å². The third-order valence-electron chi connectivity index (χ3n) is 5.23. The molecule has 7 nitrogen and oxygen atoms in total. The van der Waals surface area contributed by atoms with Gasteiger partial charge >= 0.3 is 0 Å². The topological polar surface area (TPSA) is 74.7 Å². The van der Waals surface area contributed by atoms with Crippen LogP contribution in [0.3, 0.4) is 0 Å². The van der Waals surface area contributed by atoms with Crippen LogP contribution in [0.5, 0.6) is 0 Å². The number of aromatic nitrogens is 1. The smallest absolute Gasteiger partial charge is 0.268 e. The SMILES string of the molecule is CN(C)C(CNC(=O)c1cc(S(=O)(=O)N2CCCC2)cn1C)c1cccc(F)c1. The second kappa shape index (κ2) is 8.64. The zero-order valence-corrected chi connectivity index (χ0v) is 17.7. The highest BCUT2D eigenvalue weighted by Crippen LogP contribution is 2.23. The van der Waals surface area contributed by atoms with Crippen LogP contribution in [0.15, 0.2) is 41.4 Å². The van der Waals surface area contributed by atoms with Gasteiger partial charge in [0.25, 0.3) is 5.91 Å². The van der Waals surface area contributed by atoms with Gasteiger partial charge in [0.15, 0.2) is 0 Å². The number of nitrogens with one attached hydrogen (secondary N) is 1. The monoisotopic (exact) mass is 422 g/mol. The molecule has 1 N–H and O–H groups in total. The second-order valence-electron chi connectivity index (χ2n) is 7.53. The van der Waals surface area contributed by atoms with Crippen LogP contribution in [0.2, 0.25) is 0 Å². The maximum Gasteiger partial charge on any atom is 0.268 e. The van der Waals surface area contributed by atoms with Gasteiger partial charge in [-0.25, -0.2) is 12.8 Å². The summed E-state index contributed by atoms with van der Waals surface area (Å²) in [5, 5.41) is 2.84. The first kappa shape index (κ1) is 21.5. The number of rotatable bonds is 7. The average Bonchev–Trinajstić information content (AvgIpc) is 3.32. The lowest BCUT2D eigenvalue weighted by atomic mass is 10.1. The third-order valence-corrected chi connectivity index (χ3v) is 7.09. The molecule has 29 heavy (non-hydrogen) atoms. The van der Waals surface area contributed by atoms with Crippen LogP contribution in [-0.2, 0) is 17.1 Å². The van der Waals surface area contributed by atoms with E-state index in [1.54, 1.807) is 13.1 Å². The highest BCUT2D eigenvalue weighted by molar-refractivity contribution is 7.89. The molecule has 1 saturated heterocycles. The number of halogens is 1. The molecule has 3 rings (SSSR count). The van der Waals surface area contributed by atoms with E-state index < -0.39 is 10.0 Å². The minimum absolute atomic E-state index is 0.126. The molecule has 1 atom stereocenters. The molecule has 0 saturated carbocycles. The van der Waals surface area contributed by atoms with Crippen molar-refractivity contribution in [3.8, 4) is 0 Å². The van der Waals surface area contributed by atoms with E-state index in [-0.39, 0.29) is 34.9 Å². The molecule has 1 fully saturated rings. The summed E-state index contributed by atoms with van der Waals surface area (Å²) >= 11 is 0. The Labute approximate surface area is 171 Å². The van der Waals surface area contributed by atoms with Crippen LogP contribution in [0.25, 0.3) is 0 Å². The molecule has 1 aromatic heterocycles. The zero-order chi connectivity index (χ0) is 21.2. The first-order valence-electron chi connectivity index (χ1n) is 9.57. The van der Waals surface area contributed by atoms with E-state index in [0.717, 1.165) is 18.4 Å². The minimum atomic E-state index is -3.58. The Hall–Kier alpha value is -2.23. The fourth-order valence-electron chi connectivity index (χ4n) is 3.57. The summed E-state index contributed by atoms with van der Waals surface area (Å²) < 4.78 is 42.0. The van der Waals surface area contributed by atoms with E-state index in [0.29, 0.717) is 13.1 Å². The van der Waals surface area contributed by atoms with Crippen LogP contribution in [0, 0.1) is 5.82 Å². The zero-order valence-electron chi connectivity index (χ0n) is 16.9. The fraction of sp³-hybridized carbons (Fsp3) is 0.450. The summed E-state index contributed by atoms with van der Waals surface area (Å²) in [6.45, 7) is 1.28. The van der Waals surface area contributed by atoms with Crippen molar-refractivity contribution in [2.45, 2.75) is 23.8 Å². The van der Waals surface area contributed by atoms with E-state index >= 15 is 0 Å². The third kappa shape index (κ3) is 4.68. The lowest BCUT2D eigenvalue weighted by Gasteiger charge is -2.25. The quantitative estimate of drug-likeness (QED) is 0.741. The van der Waals surface area contributed by atoms with Gasteiger partial charge in [0, 0.05) is 32.9 Å². The number of likely N-dealkylation sites (N-methyl/N-ethyl adjacent to an activating group) is 1. The fourth-order valence-corrected chi connectivity index (χ4v) is 5.16. The molecule has 1 unspecified atom stereocenters. The highest BCUT2D eigenvalue weighted by atomic mass is 32.2. The number of nitrogens with zero attached hydrogens (tertiary/aromatic N) is 3. The Morgan fingerprint density at radius 1 is 1.24 bits per heavy atom. The van der Waals surface area contributed by atoms with E-state index in [1.807, 2.05) is 25.1 Å². The Bertz CT molecular complexity index is 981. The standard InChI is InChI=1S/C20H27FN4O3S/c1-23(2)19(15-7-6-8-16(21)11-15)13-22-20(26)18-12-17(14-24(18)3)29(27,28)25-9-4-5-10-25/h6-8,11-12,14,19H,4-5,9-10,13H2,1-3H3,(H,22,26). The van der Waals surface area contributed by atoms with Crippen molar-refractivity contribution in [2.24, 2.45) is 7.05 Å². The van der Waals surface area contributed by atoms with Crippen molar-refractivity contribution in [2.75, 3.05) is 33.7 Å². The summed E-state index contributed by atoms with van der Waals surface area (Å²) in [7, 11) is 1.77. The van der Waals surface area contributed by atoms with E-state index in [2.05, 4.69) is 5.32 Å². The van der Waals surface area contributed by atoms with Crippen molar-refractivity contribution in [1.29, 1.82) is 0 Å². The molecule has 0 spiro atoms. The maximum absolute atomic E-state index is 13.6. The number of benzene rings is 1. The molecule has 0 aliphatic carbocycles. The number of hydrogen-bond acceptors (Lipinski definition) is 4. The van der Waals surface area contributed by atoms with Crippen molar-refractivity contribution in [3.63, 3.8) is 0 Å². The maximum atomic E-state index is 13.6. The lowest BCUT2D eigenvalue weighted by Crippen LogP contribution is -2.35. The van der Waals surface area contributed by atoms with Gasteiger partial charge in [0.1, 0.15) is 16.4 Å². The number of sulfonamides is 1. The summed E-state index contributed by atoms with van der Waals surface area (Å²) in [6, 6.07) is 7.46. The van der Waals surface area contributed by atoms with Crippen molar-refractivity contribution >= 4 is 15.9 Å². The first-order valence-corrected chi connectivity index (χ1v) is 11.0. The molecule has 158 valence electrons. The van der Waals surface area contributed by atoms with Crippen LogP contribution >= 0.6 is 0 Å². The van der Waals surface area contributed by atoms with Gasteiger partial charge in [-0.2, -0.15) is 4.31 Å². The van der Waals surface area contributed by atoms with Crippen LogP contribution in [0.4, 0.5) is 4.39 Å². The van der Waals surface area contributed by atoms with E-state index in [1.165, 1.54) is 33.3 Å². The minimum Gasteiger partial charge on any atom is -0.349 e. The molecule has 9 heteroatoms. The van der Waals surface area contributed by atoms with Gasteiger partial charge in [-0.3, -0.25) is 4.79 Å². The molecular weight excluding hydrogens is 395 g/mol. The molecule has 1 aromatic carbocycles. The Balaban J connectivity index is 1.74. The highest BCUT2D eigenvalue weighted by Gasteiger charge is 2.29. The molecule has 0 radical (unpaired) electrons. The predicted octanol–water partition coefficient (Wildman–Crippen LogP) is 1.98. The van der Waals surface area contributed by atoms with Gasteiger partial charge in [0.05, 0.1) is 6.04 Å². The van der Waals surface area contributed by atoms with E-state index in [4.69, 9.17) is 0 Å². The van der Waals surface area contributed by atoms with Crippen molar-refractivity contribution in [3.05, 3.63) is 53.6 Å². The number of amides is 1. The van der Waals surface area contributed by atoms with Crippen LogP contribution in [0.1, 0.15) is 34.9 Å². The Morgan fingerprint density at radius 3 is 2.55 bits per heavy atom. The lowest BCUT2D eigenvalue weighted by molar-refractivity contribution is 0.0933. The Morgan fingerprint density at radius 2 is 1.93 bits per heavy atom. The average molecular weight is 423 g/mol. The van der Waals surface area contributed by atoms with Crippen molar-refractivity contribution in [1.82, 2.24) is 19.1 Å². The van der Waals surface area contributed by atoms with Crippen LogP contribution < -0.4 is 5.32 Å². The Kier molecular flexibility index (Phi) is 6.40. The molecule has 1 aliphatic heterocycles. The van der Waals surface area contributed by atoms with Gasteiger partial charge in [0.2, 0.25) is 10.0 Å². The van der Waals surface area contributed by atoms with Crippen LogP contribution in [-0.4, -0.2) is 61.8 Å². The second-order valence-corrected chi connectivity index (χ2v) is 9.47. The first-order chi connectivity index (χ1) is 13.7. The largest absolute Gasteiger partial charge is 0.349 e. The molecule has 1 amide bonds. The number of hydrogen-bond donors (Lipinski definition) is 1. The van der Waals surface area contributed by atoms with Gasteiger partial charge in [-0.1, -0.05) is 12.1 Å². The number of carbonyl (C=O) groups is 1. The van der Waals surface area contributed by atoms with Crippen molar-refractivity contribution < 1.29 is 17.6 Å². The number of carbonyl (C=O) groups excluding carboxylic acids is 1. The molecule has 0 bridgehead atoms. The van der Waals surface area contributed by atoms with E-state index in [9.17, 15) is 17.6 Å². The van der Waals surface area contributed by atoms with Gasteiger partial charge < -0.3 is 14.8 Å². The summed E-state index contributed by atoms with van der Waals surface area (Å²) in [5.41, 5.74) is 1.01. The number of aryl methyl sites for hydroxylation is 1. The summed E-state index contributed by atoms with van der Waals surface area (Å²) in [5.74, 6) is -0.710. The molecule has 2 aromatic rings. The summed E-state index contributed by atoms with van der Waals surface area (Å²) in [4.78, 5) is 14.7. The molecule has 1 aliphatic rings. The predicted molar refractivity (Wildman–Crippen MR) is 109 cm³/mol. The summed E-state index contributed by atoms with van der Waals surface area (Å²) in [6.07, 6.45) is 3.18.